The summed E-state index contributed by atoms with van der Waals surface area (Å²) in [6, 6.07) is 14.2. The minimum atomic E-state index is -0.182. The van der Waals surface area contributed by atoms with Crippen LogP contribution in [0.1, 0.15) is 33.2 Å². The maximum Gasteiger partial charge on any atom is 0.255 e. The second-order valence-electron chi connectivity index (χ2n) is 4.45. The molecule has 2 aromatic carbocycles. The molecule has 3 nitrogen and oxygen atoms in total. The van der Waals surface area contributed by atoms with Gasteiger partial charge in [-0.2, -0.15) is 0 Å². The molecule has 1 N–H and O–H groups in total. The first-order valence-electron chi connectivity index (χ1n) is 6.05. The van der Waals surface area contributed by atoms with Crippen molar-refractivity contribution in [2.75, 3.05) is 5.32 Å². The Kier molecular flexibility index (Phi) is 3.76. The molecule has 0 fully saturated rings. The first kappa shape index (κ1) is 13.0. The molecule has 1 amide bonds. The number of anilines is 1. The lowest BCUT2D eigenvalue weighted by Gasteiger charge is -2.06. The van der Waals surface area contributed by atoms with Crippen molar-refractivity contribution in [3.63, 3.8) is 0 Å². The van der Waals surface area contributed by atoms with Crippen LogP contribution in [0.3, 0.4) is 0 Å². The third-order valence-electron chi connectivity index (χ3n) is 2.86. The van der Waals surface area contributed by atoms with Gasteiger partial charge in [0.15, 0.2) is 5.78 Å². The van der Waals surface area contributed by atoms with Crippen molar-refractivity contribution in [2.45, 2.75) is 13.8 Å². The highest BCUT2D eigenvalue weighted by Gasteiger charge is 2.06. The van der Waals surface area contributed by atoms with E-state index in [0.29, 0.717) is 11.1 Å². The third kappa shape index (κ3) is 3.28. The highest BCUT2D eigenvalue weighted by molar-refractivity contribution is 6.05. The van der Waals surface area contributed by atoms with Crippen molar-refractivity contribution in [3.05, 3.63) is 65.2 Å². The smallest absolute Gasteiger partial charge is 0.255 e. The number of hydrogen-bond donors (Lipinski definition) is 1. The number of amides is 1. The molecule has 0 aromatic heterocycles. The first-order chi connectivity index (χ1) is 9.06. The number of hydrogen-bond acceptors (Lipinski definition) is 2. The van der Waals surface area contributed by atoms with Crippen LogP contribution in [0.25, 0.3) is 0 Å². The standard InChI is InChI=1S/C16H15NO2/c1-11-3-9-15(10-4-11)17-16(19)14-7-5-13(6-8-14)12(2)18/h3-10H,1-2H3,(H,17,19). The first-order valence-corrected chi connectivity index (χ1v) is 6.05. The molecule has 3 heteroatoms. The zero-order chi connectivity index (χ0) is 13.8. The van der Waals surface area contributed by atoms with Crippen molar-refractivity contribution in [1.82, 2.24) is 0 Å². The highest BCUT2D eigenvalue weighted by atomic mass is 16.1. The van der Waals surface area contributed by atoms with Crippen molar-refractivity contribution in [3.8, 4) is 0 Å². The molecule has 96 valence electrons. The van der Waals surface area contributed by atoms with Crippen LogP contribution in [0, 0.1) is 6.92 Å². The summed E-state index contributed by atoms with van der Waals surface area (Å²) in [5, 5.41) is 2.81. The van der Waals surface area contributed by atoms with Gasteiger partial charge in [0.05, 0.1) is 0 Å². The Labute approximate surface area is 112 Å². The number of carbonyl (C=O) groups is 2. The lowest BCUT2D eigenvalue weighted by Crippen LogP contribution is -2.11. The minimum absolute atomic E-state index is 0.00880. The Hall–Kier alpha value is -2.42. The van der Waals surface area contributed by atoms with Crippen LogP contribution in [0.15, 0.2) is 48.5 Å². The predicted molar refractivity (Wildman–Crippen MR) is 75.6 cm³/mol. The van der Waals surface area contributed by atoms with Crippen molar-refractivity contribution >= 4 is 17.4 Å². The molecule has 2 rings (SSSR count). The average Bonchev–Trinajstić information content (AvgIpc) is 2.41. The number of nitrogens with one attached hydrogen (secondary N) is 1. The van der Waals surface area contributed by atoms with Gasteiger partial charge in [-0.15, -0.1) is 0 Å². The largest absolute Gasteiger partial charge is 0.322 e. The molecular formula is C16H15NO2. The van der Waals surface area contributed by atoms with Gasteiger partial charge in [-0.25, -0.2) is 0 Å². The lowest BCUT2D eigenvalue weighted by molar-refractivity contribution is 0.101. The lowest BCUT2D eigenvalue weighted by atomic mass is 10.1. The summed E-state index contributed by atoms with van der Waals surface area (Å²) >= 11 is 0. The number of carbonyl (C=O) groups excluding carboxylic acids is 2. The van der Waals surface area contributed by atoms with E-state index in [2.05, 4.69) is 5.32 Å². The Morgan fingerprint density at radius 3 is 1.89 bits per heavy atom. The number of benzene rings is 2. The predicted octanol–water partition coefficient (Wildman–Crippen LogP) is 3.45. The molecule has 0 saturated heterocycles. The summed E-state index contributed by atoms with van der Waals surface area (Å²) in [5.74, 6) is -0.190. The van der Waals surface area contributed by atoms with E-state index >= 15 is 0 Å². The SMILES string of the molecule is CC(=O)c1ccc(C(=O)Nc2ccc(C)cc2)cc1. The molecule has 0 aliphatic carbocycles. The van der Waals surface area contributed by atoms with Gasteiger partial charge in [0, 0.05) is 16.8 Å². The number of rotatable bonds is 3. The summed E-state index contributed by atoms with van der Waals surface area (Å²) in [6.07, 6.45) is 0. The minimum Gasteiger partial charge on any atom is -0.322 e. The van der Waals surface area contributed by atoms with Crippen molar-refractivity contribution in [2.24, 2.45) is 0 Å². The van der Waals surface area contributed by atoms with Crippen molar-refractivity contribution < 1.29 is 9.59 Å². The fraction of sp³-hybridized carbons (Fsp3) is 0.125. The molecule has 0 saturated carbocycles. The zero-order valence-electron chi connectivity index (χ0n) is 10.9. The van der Waals surface area contributed by atoms with E-state index in [4.69, 9.17) is 0 Å². The van der Waals surface area contributed by atoms with Crippen molar-refractivity contribution in [1.29, 1.82) is 0 Å². The summed E-state index contributed by atoms with van der Waals surface area (Å²) in [6.45, 7) is 3.49. The van der Waals surface area contributed by atoms with Gasteiger partial charge < -0.3 is 5.32 Å². The fourth-order valence-corrected chi connectivity index (χ4v) is 1.70. The van der Waals surface area contributed by atoms with Crippen LogP contribution in [0.4, 0.5) is 5.69 Å². The normalized spacial score (nSPS) is 10.0. The molecule has 0 atom stereocenters. The Balaban J connectivity index is 2.11. The molecule has 0 unspecified atom stereocenters. The zero-order valence-corrected chi connectivity index (χ0v) is 10.9. The summed E-state index contributed by atoms with van der Waals surface area (Å²) < 4.78 is 0. The maximum atomic E-state index is 12.0. The van der Waals surface area contributed by atoms with Crippen LogP contribution in [0.5, 0.6) is 0 Å². The third-order valence-corrected chi connectivity index (χ3v) is 2.86. The Morgan fingerprint density at radius 2 is 1.37 bits per heavy atom. The number of ketones is 1. The van der Waals surface area contributed by atoms with Crippen LogP contribution in [0.2, 0.25) is 0 Å². The summed E-state index contributed by atoms with van der Waals surface area (Å²) in [4.78, 5) is 23.1. The van der Waals surface area contributed by atoms with Gasteiger partial charge in [-0.1, -0.05) is 29.8 Å². The average molecular weight is 253 g/mol. The highest BCUT2D eigenvalue weighted by Crippen LogP contribution is 2.11. The molecule has 19 heavy (non-hydrogen) atoms. The quantitative estimate of drug-likeness (QED) is 0.851. The van der Waals surface area contributed by atoms with E-state index in [0.717, 1.165) is 11.3 Å². The summed E-state index contributed by atoms with van der Waals surface area (Å²) in [7, 11) is 0. The Morgan fingerprint density at radius 1 is 0.842 bits per heavy atom. The monoisotopic (exact) mass is 253 g/mol. The van der Waals surface area contributed by atoms with Gasteiger partial charge in [-0.3, -0.25) is 9.59 Å². The topological polar surface area (TPSA) is 46.2 Å². The Bertz CT molecular complexity index is 598. The van der Waals surface area contributed by atoms with E-state index in [1.54, 1.807) is 24.3 Å². The van der Waals surface area contributed by atoms with E-state index < -0.39 is 0 Å². The van der Waals surface area contributed by atoms with E-state index in [1.165, 1.54) is 6.92 Å². The van der Waals surface area contributed by atoms with Crippen LogP contribution >= 0.6 is 0 Å². The van der Waals surface area contributed by atoms with E-state index in [-0.39, 0.29) is 11.7 Å². The van der Waals surface area contributed by atoms with Crippen LogP contribution in [-0.2, 0) is 0 Å². The van der Waals surface area contributed by atoms with Gasteiger partial charge in [0.1, 0.15) is 0 Å². The molecule has 2 aromatic rings. The van der Waals surface area contributed by atoms with Crippen LogP contribution < -0.4 is 5.32 Å². The molecule has 0 bridgehead atoms. The number of aryl methyl sites for hydroxylation is 1. The van der Waals surface area contributed by atoms with Crippen LogP contribution in [-0.4, -0.2) is 11.7 Å². The fourth-order valence-electron chi connectivity index (χ4n) is 1.70. The summed E-state index contributed by atoms with van der Waals surface area (Å²) in [5.41, 5.74) is 3.03. The number of Topliss-reactive ketones (excluding diaryl/α,β-unsaturated/α-hetero) is 1. The van der Waals surface area contributed by atoms with Gasteiger partial charge in [0.25, 0.3) is 5.91 Å². The molecule has 0 radical (unpaired) electrons. The molecular weight excluding hydrogens is 238 g/mol. The van der Waals surface area contributed by atoms with Gasteiger partial charge in [-0.05, 0) is 38.1 Å². The van der Waals surface area contributed by atoms with Gasteiger partial charge >= 0.3 is 0 Å². The van der Waals surface area contributed by atoms with Gasteiger partial charge in [0.2, 0.25) is 0 Å². The molecule has 0 aliphatic heterocycles. The maximum absolute atomic E-state index is 12.0. The molecule has 0 heterocycles. The molecule has 0 spiro atoms. The molecule has 0 aliphatic rings. The second-order valence-corrected chi connectivity index (χ2v) is 4.45. The van der Waals surface area contributed by atoms with E-state index in [9.17, 15) is 9.59 Å². The van der Waals surface area contributed by atoms with E-state index in [1.807, 2.05) is 31.2 Å². The second kappa shape index (κ2) is 5.48.